The standard InChI is InChI=1S/C24H43NO2SSi/c1-18(2)29(19(3)4,20(5)6)28-22-16-12-11-14-21(22)15-13-17-25(10)23(26)27-24(7,8)9/h11-12,14,16,18-20H,13,15,17H2,1-10H3. The van der Waals surface area contributed by atoms with Crippen LogP contribution in [0.25, 0.3) is 0 Å². The van der Waals surface area contributed by atoms with Gasteiger partial charge in [0.15, 0.2) is 0 Å². The van der Waals surface area contributed by atoms with Gasteiger partial charge in [-0.15, -0.1) is 11.2 Å². The van der Waals surface area contributed by atoms with Crippen LogP contribution >= 0.6 is 11.2 Å². The van der Waals surface area contributed by atoms with Crippen LogP contribution in [0, 0.1) is 0 Å². The Kier molecular flexibility index (Phi) is 9.81. The summed E-state index contributed by atoms with van der Waals surface area (Å²) in [6.07, 6.45) is 1.67. The fourth-order valence-corrected chi connectivity index (χ4v) is 13.7. The van der Waals surface area contributed by atoms with E-state index < -0.39 is 12.8 Å². The molecule has 1 aromatic carbocycles. The number of nitrogens with zero attached hydrogens (tertiary/aromatic N) is 1. The zero-order valence-electron chi connectivity index (χ0n) is 20.3. The first-order chi connectivity index (χ1) is 13.3. The molecular weight excluding hydrogens is 394 g/mol. The van der Waals surface area contributed by atoms with Crippen molar-refractivity contribution in [2.75, 3.05) is 13.6 Å². The van der Waals surface area contributed by atoms with Crippen molar-refractivity contribution in [2.24, 2.45) is 0 Å². The third-order valence-electron chi connectivity index (χ3n) is 5.61. The third-order valence-corrected chi connectivity index (χ3v) is 18.0. The van der Waals surface area contributed by atoms with Crippen LogP contribution in [0.4, 0.5) is 4.79 Å². The Bertz CT molecular complexity index is 631. The average molecular weight is 438 g/mol. The normalized spacial score (nSPS) is 12.7. The van der Waals surface area contributed by atoms with Crippen molar-refractivity contribution in [2.45, 2.75) is 102 Å². The van der Waals surface area contributed by atoms with Gasteiger partial charge in [-0.1, -0.05) is 59.7 Å². The van der Waals surface area contributed by atoms with E-state index >= 15 is 0 Å². The van der Waals surface area contributed by atoms with Crippen molar-refractivity contribution < 1.29 is 9.53 Å². The van der Waals surface area contributed by atoms with E-state index in [1.165, 1.54) is 10.5 Å². The molecule has 0 fully saturated rings. The largest absolute Gasteiger partial charge is 0.444 e. The monoisotopic (exact) mass is 437 g/mol. The first-order valence-corrected chi connectivity index (χ1v) is 14.8. The number of hydrogen-bond donors (Lipinski definition) is 0. The molecule has 0 aliphatic carbocycles. The molecule has 0 spiro atoms. The molecule has 166 valence electrons. The maximum Gasteiger partial charge on any atom is 0.410 e. The van der Waals surface area contributed by atoms with Gasteiger partial charge in [0.05, 0.1) is 0 Å². The molecule has 0 radical (unpaired) electrons. The Labute approximate surface area is 184 Å². The summed E-state index contributed by atoms with van der Waals surface area (Å²) < 4.78 is 5.46. The fraction of sp³-hybridized carbons (Fsp3) is 0.708. The van der Waals surface area contributed by atoms with Gasteiger partial charge in [0.25, 0.3) is 0 Å². The van der Waals surface area contributed by atoms with Crippen LogP contribution in [-0.2, 0) is 11.2 Å². The van der Waals surface area contributed by atoms with Gasteiger partial charge in [0, 0.05) is 18.5 Å². The van der Waals surface area contributed by atoms with Crippen molar-refractivity contribution in [3.05, 3.63) is 29.8 Å². The first kappa shape index (κ1) is 26.1. The number of amides is 1. The molecular formula is C24H43NO2SSi. The second-order valence-corrected chi connectivity index (χ2v) is 18.6. The first-order valence-electron chi connectivity index (χ1n) is 11.0. The molecule has 0 saturated carbocycles. The van der Waals surface area contributed by atoms with E-state index in [2.05, 4.69) is 77.0 Å². The summed E-state index contributed by atoms with van der Waals surface area (Å²) in [7, 11) is 0.249. The fourth-order valence-electron chi connectivity index (χ4n) is 4.29. The van der Waals surface area contributed by atoms with E-state index in [9.17, 15) is 4.79 Å². The van der Waals surface area contributed by atoms with Crippen LogP contribution in [0.5, 0.6) is 0 Å². The summed E-state index contributed by atoms with van der Waals surface area (Å²) in [6, 6.07) is 8.86. The summed E-state index contributed by atoms with van der Waals surface area (Å²) in [5, 5.41) is 0. The molecule has 1 aromatic rings. The van der Waals surface area contributed by atoms with Crippen molar-refractivity contribution in [1.29, 1.82) is 0 Å². The topological polar surface area (TPSA) is 29.5 Å². The van der Waals surface area contributed by atoms with Gasteiger partial charge >= 0.3 is 6.09 Å². The minimum absolute atomic E-state index is 0.244. The molecule has 0 aliphatic rings. The number of aryl methyl sites for hydroxylation is 1. The van der Waals surface area contributed by atoms with Crippen molar-refractivity contribution in [3.63, 3.8) is 0 Å². The Morgan fingerprint density at radius 1 is 1.03 bits per heavy atom. The van der Waals surface area contributed by atoms with E-state index in [-0.39, 0.29) is 6.09 Å². The van der Waals surface area contributed by atoms with Crippen LogP contribution in [0.3, 0.4) is 0 Å². The molecule has 1 amide bonds. The molecule has 0 heterocycles. The van der Waals surface area contributed by atoms with Crippen LogP contribution in [0.15, 0.2) is 29.2 Å². The lowest BCUT2D eigenvalue weighted by Crippen LogP contribution is -2.41. The molecule has 0 aliphatic heterocycles. The summed E-state index contributed by atoms with van der Waals surface area (Å²) in [4.78, 5) is 15.3. The third kappa shape index (κ3) is 7.36. The van der Waals surface area contributed by atoms with Gasteiger partial charge in [0.2, 0.25) is 0 Å². The Hall–Kier alpha value is -0.943. The molecule has 0 aromatic heterocycles. The molecule has 0 unspecified atom stereocenters. The molecule has 0 N–H and O–H groups in total. The lowest BCUT2D eigenvalue weighted by atomic mass is 10.1. The van der Waals surface area contributed by atoms with E-state index in [1.54, 1.807) is 4.90 Å². The predicted octanol–water partition coefficient (Wildman–Crippen LogP) is 7.75. The molecule has 1 rings (SSSR count). The van der Waals surface area contributed by atoms with Gasteiger partial charge in [-0.05, 0) is 61.9 Å². The Morgan fingerprint density at radius 2 is 1.55 bits per heavy atom. The molecule has 0 atom stereocenters. The zero-order chi connectivity index (χ0) is 22.4. The highest BCUT2D eigenvalue weighted by Crippen LogP contribution is 2.52. The van der Waals surface area contributed by atoms with Crippen molar-refractivity contribution in [1.82, 2.24) is 4.90 Å². The van der Waals surface area contributed by atoms with Gasteiger partial charge in [-0.2, -0.15) is 0 Å². The lowest BCUT2D eigenvalue weighted by molar-refractivity contribution is 0.0297. The lowest BCUT2D eigenvalue weighted by Gasteiger charge is -2.42. The quantitative estimate of drug-likeness (QED) is 0.370. The Balaban J connectivity index is 2.88. The summed E-state index contributed by atoms with van der Waals surface area (Å²) >= 11 is 2.19. The SMILES string of the molecule is CC(C)[Si](Sc1ccccc1CCCN(C)C(=O)OC(C)(C)C)(C(C)C)C(C)C. The smallest absolute Gasteiger partial charge is 0.410 e. The molecule has 0 bridgehead atoms. The highest BCUT2D eigenvalue weighted by Gasteiger charge is 2.44. The van der Waals surface area contributed by atoms with Crippen LogP contribution in [0.2, 0.25) is 16.6 Å². The second kappa shape index (κ2) is 10.9. The van der Waals surface area contributed by atoms with E-state index in [0.717, 1.165) is 29.5 Å². The number of ether oxygens (including phenoxy) is 1. The van der Waals surface area contributed by atoms with E-state index in [4.69, 9.17) is 4.74 Å². The van der Waals surface area contributed by atoms with E-state index in [1.807, 2.05) is 27.8 Å². The van der Waals surface area contributed by atoms with Crippen LogP contribution in [0.1, 0.15) is 74.3 Å². The number of rotatable bonds is 9. The molecule has 29 heavy (non-hydrogen) atoms. The summed E-state index contributed by atoms with van der Waals surface area (Å²) in [5.74, 6) is 0. The maximum absolute atomic E-state index is 12.2. The number of carbonyl (C=O) groups excluding carboxylic acids is 1. The number of benzene rings is 1. The van der Waals surface area contributed by atoms with Crippen molar-refractivity contribution in [3.8, 4) is 0 Å². The van der Waals surface area contributed by atoms with E-state index in [0.29, 0.717) is 6.54 Å². The van der Waals surface area contributed by atoms with Crippen molar-refractivity contribution >= 4 is 24.5 Å². The minimum atomic E-state index is -1.57. The number of carbonyl (C=O) groups is 1. The summed E-state index contributed by atoms with van der Waals surface area (Å²) in [6.45, 7) is 20.9. The maximum atomic E-state index is 12.2. The van der Waals surface area contributed by atoms with Gasteiger partial charge < -0.3 is 9.64 Å². The predicted molar refractivity (Wildman–Crippen MR) is 131 cm³/mol. The van der Waals surface area contributed by atoms with Gasteiger partial charge in [-0.3, -0.25) is 0 Å². The molecule has 0 saturated heterocycles. The number of hydrogen-bond acceptors (Lipinski definition) is 3. The highest BCUT2D eigenvalue weighted by atomic mass is 32.4. The van der Waals surface area contributed by atoms with Gasteiger partial charge in [0.1, 0.15) is 12.8 Å². The molecule has 3 nitrogen and oxygen atoms in total. The zero-order valence-corrected chi connectivity index (χ0v) is 22.2. The summed E-state index contributed by atoms with van der Waals surface area (Å²) in [5.41, 5.74) is 3.12. The van der Waals surface area contributed by atoms with Gasteiger partial charge in [-0.25, -0.2) is 4.79 Å². The minimum Gasteiger partial charge on any atom is -0.444 e. The van der Waals surface area contributed by atoms with Crippen LogP contribution < -0.4 is 0 Å². The Morgan fingerprint density at radius 3 is 2.03 bits per heavy atom. The molecule has 5 heteroatoms. The highest BCUT2D eigenvalue weighted by molar-refractivity contribution is 8.29. The second-order valence-electron chi connectivity index (χ2n) is 10.0. The van der Waals surface area contributed by atoms with Crippen LogP contribution in [-0.4, -0.2) is 37.4 Å². The average Bonchev–Trinajstić information content (AvgIpc) is 2.58.